The number of anilines is 1. The molecule has 190 valence electrons. The van der Waals surface area contributed by atoms with Crippen LogP contribution in [0.4, 0.5) is 11.4 Å². The summed E-state index contributed by atoms with van der Waals surface area (Å²) in [7, 11) is 0. The molecule has 0 saturated carbocycles. The van der Waals surface area contributed by atoms with E-state index in [9.17, 15) is 10.1 Å². The third-order valence-electron chi connectivity index (χ3n) is 5.40. The third-order valence-corrected chi connectivity index (χ3v) is 6.52. The highest BCUT2D eigenvalue weighted by Crippen LogP contribution is 2.23. The molecule has 14 heteroatoms. The highest BCUT2D eigenvalue weighted by molar-refractivity contribution is 7.98. The first-order chi connectivity index (χ1) is 18.5. The second kappa shape index (κ2) is 10.8. The fraction of sp³-hybridized carbons (Fsp3) is 0.0833. The lowest BCUT2D eigenvalue weighted by atomic mass is 10.2. The number of aromatic nitrogens is 8. The van der Waals surface area contributed by atoms with Crippen molar-refractivity contribution < 1.29 is 4.92 Å². The Bertz CT molecular complexity index is 1770. The molecule has 2 aromatic carbocycles. The van der Waals surface area contributed by atoms with Crippen molar-refractivity contribution in [3.8, 4) is 11.6 Å². The Morgan fingerprint density at radius 3 is 1.84 bits per heavy atom. The minimum atomic E-state index is -0.427. The molecule has 0 saturated heterocycles. The molecule has 38 heavy (non-hydrogen) atoms. The van der Waals surface area contributed by atoms with Crippen LogP contribution in [-0.2, 0) is 0 Å². The van der Waals surface area contributed by atoms with Crippen LogP contribution in [0.5, 0.6) is 0 Å². The van der Waals surface area contributed by atoms with Crippen molar-refractivity contribution in [3.05, 3.63) is 83.4 Å². The molecule has 0 fully saturated rings. The highest BCUT2D eigenvalue weighted by Gasteiger charge is 2.12. The SMILES string of the molecule is CSc1nccc(-n2ncc3ccc(N)cc32)n1.CSc1nccc(-n2ncc3ccc([N+](=O)[O-])cc32)n1. The van der Waals surface area contributed by atoms with E-state index in [0.717, 1.165) is 27.3 Å². The number of hydrogen-bond acceptors (Lipinski definition) is 11. The van der Waals surface area contributed by atoms with Crippen molar-refractivity contribution in [2.24, 2.45) is 0 Å². The molecule has 0 unspecified atom stereocenters. The summed E-state index contributed by atoms with van der Waals surface area (Å²) < 4.78 is 3.34. The van der Waals surface area contributed by atoms with E-state index in [0.29, 0.717) is 22.2 Å². The molecular formula is C24H20N10O2S2. The van der Waals surface area contributed by atoms with Crippen LogP contribution in [0.25, 0.3) is 33.4 Å². The summed E-state index contributed by atoms with van der Waals surface area (Å²) in [5.41, 5.74) is 8.13. The van der Waals surface area contributed by atoms with Crippen molar-refractivity contribution in [1.82, 2.24) is 39.5 Å². The summed E-state index contributed by atoms with van der Waals surface area (Å²) in [4.78, 5) is 27.4. The molecule has 4 heterocycles. The van der Waals surface area contributed by atoms with Crippen molar-refractivity contribution >= 4 is 56.7 Å². The zero-order chi connectivity index (χ0) is 26.6. The van der Waals surface area contributed by atoms with Crippen molar-refractivity contribution in [2.45, 2.75) is 10.3 Å². The number of nitrogens with two attached hydrogens (primary N) is 1. The van der Waals surface area contributed by atoms with Crippen LogP contribution in [0.15, 0.2) is 83.6 Å². The second-order valence-electron chi connectivity index (χ2n) is 7.73. The van der Waals surface area contributed by atoms with Crippen LogP contribution < -0.4 is 5.73 Å². The molecule has 0 spiro atoms. The zero-order valence-corrected chi connectivity index (χ0v) is 21.8. The third kappa shape index (κ3) is 5.12. The fourth-order valence-electron chi connectivity index (χ4n) is 3.62. The van der Waals surface area contributed by atoms with Crippen molar-refractivity contribution in [2.75, 3.05) is 18.2 Å². The molecular weight excluding hydrogens is 524 g/mol. The molecule has 0 amide bonds. The Morgan fingerprint density at radius 2 is 1.32 bits per heavy atom. The number of nitrogens with zero attached hydrogens (tertiary/aromatic N) is 9. The minimum Gasteiger partial charge on any atom is -0.399 e. The number of benzene rings is 2. The highest BCUT2D eigenvalue weighted by atomic mass is 32.2. The molecule has 0 bridgehead atoms. The molecule has 6 aromatic rings. The Morgan fingerprint density at radius 1 is 0.789 bits per heavy atom. The summed E-state index contributed by atoms with van der Waals surface area (Å²) >= 11 is 2.92. The maximum atomic E-state index is 10.9. The topological polar surface area (TPSA) is 156 Å². The number of nitro benzene ring substituents is 1. The smallest absolute Gasteiger partial charge is 0.271 e. The van der Waals surface area contributed by atoms with Gasteiger partial charge in [0.05, 0.1) is 28.4 Å². The number of hydrogen-bond donors (Lipinski definition) is 1. The van der Waals surface area contributed by atoms with Gasteiger partial charge in [0.1, 0.15) is 0 Å². The first-order valence-electron chi connectivity index (χ1n) is 11.1. The van der Waals surface area contributed by atoms with Gasteiger partial charge in [0, 0.05) is 53.1 Å². The van der Waals surface area contributed by atoms with Gasteiger partial charge in [-0.25, -0.2) is 29.3 Å². The largest absolute Gasteiger partial charge is 0.399 e. The normalized spacial score (nSPS) is 10.9. The van der Waals surface area contributed by atoms with E-state index in [1.807, 2.05) is 36.8 Å². The van der Waals surface area contributed by atoms with E-state index < -0.39 is 4.92 Å². The van der Waals surface area contributed by atoms with Gasteiger partial charge in [0.15, 0.2) is 21.9 Å². The Labute approximate surface area is 224 Å². The summed E-state index contributed by atoms with van der Waals surface area (Å²) in [5.74, 6) is 1.33. The Kier molecular flexibility index (Phi) is 7.15. The number of thioether (sulfide) groups is 2. The van der Waals surface area contributed by atoms with Gasteiger partial charge in [0.25, 0.3) is 5.69 Å². The van der Waals surface area contributed by atoms with E-state index in [2.05, 4.69) is 30.1 Å². The molecule has 0 radical (unpaired) electrons. The van der Waals surface area contributed by atoms with Crippen molar-refractivity contribution in [1.29, 1.82) is 0 Å². The maximum absolute atomic E-state index is 10.9. The summed E-state index contributed by atoms with van der Waals surface area (Å²) in [6, 6.07) is 13.9. The molecule has 0 aliphatic rings. The van der Waals surface area contributed by atoms with Gasteiger partial charge in [-0.2, -0.15) is 10.2 Å². The lowest BCUT2D eigenvalue weighted by Crippen LogP contribution is -2.01. The first-order valence-corrected chi connectivity index (χ1v) is 13.5. The monoisotopic (exact) mass is 544 g/mol. The van der Waals surface area contributed by atoms with E-state index in [1.165, 1.54) is 35.7 Å². The maximum Gasteiger partial charge on any atom is 0.271 e. The number of fused-ring (bicyclic) bond motifs is 2. The lowest BCUT2D eigenvalue weighted by Gasteiger charge is -2.03. The van der Waals surface area contributed by atoms with E-state index >= 15 is 0 Å². The fourth-order valence-corrected chi connectivity index (χ4v) is 4.32. The average molecular weight is 545 g/mol. The number of non-ortho nitro benzene ring substituents is 1. The number of nitro groups is 1. The van der Waals surface area contributed by atoms with Gasteiger partial charge in [-0.15, -0.1) is 0 Å². The second-order valence-corrected chi connectivity index (χ2v) is 9.28. The predicted molar refractivity (Wildman–Crippen MR) is 148 cm³/mol. The van der Waals surface area contributed by atoms with Crippen LogP contribution in [0.1, 0.15) is 0 Å². The van der Waals surface area contributed by atoms with Crippen LogP contribution in [0.3, 0.4) is 0 Å². The number of rotatable bonds is 5. The van der Waals surface area contributed by atoms with Gasteiger partial charge in [-0.1, -0.05) is 23.5 Å². The van der Waals surface area contributed by atoms with E-state index in [-0.39, 0.29) is 5.69 Å². The van der Waals surface area contributed by atoms with Gasteiger partial charge in [-0.05, 0) is 36.8 Å². The molecule has 0 atom stereocenters. The molecule has 0 aliphatic carbocycles. The summed E-state index contributed by atoms with van der Waals surface area (Å²) in [6.45, 7) is 0. The molecule has 0 aliphatic heterocycles. The number of nitrogen functional groups attached to an aromatic ring is 1. The van der Waals surface area contributed by atoms with Crippen LogP contribution in [0, 0.1) is 10.1 Å². The molecule has 6 rings (SSSR count). The van der Waals surface area contributed by atoms with Crippen molar-refractivity contribution in [3.63, 3.8) is 0 Å². The summed E-state index contributed by atoms with van der Waals surface area (Å²) in [6.07, 6.45) is 10.6. The average Bonchev–Trinajstić information content (AvgIpc) is 3.57. The first kappa shape index (κ1) is 25.1. The predicted octanol–water partition coefficient (Wildman–Crippen LogP) is 4.57. The molecule has 2 N–H and O–H groups in total. The van der Waals surface area contributed by atoms with Gasteiger partial charge < -0.3 is 5.73 Å². The summed E-state index contributed by atoms with van der Waals surface area (Å²) in [5, 5.41) is 22.6. The minimum absolute atomic E-state index is 0.0263. The molecule has 4 aromatic heterocycles. The van der Waals surface area contributed by atoms with Crippen LogP contribution in [-0.4, -0.2) is 56.9 Å². The van der Waals surface area contributed by atoms with Gasteiger partial charge >= 0.3 is 0 Å². The van der Waals surface area contributed by atoms with Crippen LogP contribution >= 0.6 is 23.5 Å². The van der Waals surface area contributed by atoms with E-state index in [1.54, 1.807) is 46.3 Å². The Hall–Kier alpha value is -4.56. The zero-order valence-electron chi connectivity index (χ0n) is 20.2. The van der Waals surface area contributed by atoms with Crippen LogP contribution in [0.2, 0.25) is 0 Å². The Balaban J connectivity index is 0.000000156. The quantitative estimate of drug-likeness (QED) is 0.107. The van der Waals surface area contributed by atoms with Gasteiger partial charge in [0.2, 0.25) is 0 Å². The van der Waals surface area contributed by atoms with Gasteiger partial charge in [-0.3, -0.25) is 10.1 Å². The standard InChI is InChI=1S/C12H9N5O2S.C12H11N5S/c1-20-12-13-5-4-11(15-12)16-10-6-9(17(18)19)3-2-8(10)7-14-16;1-18-12-14-5-4-11(16-12)17-10-6-9(13)3-2-8(10)7-15-17/h2-7H,1H3;2-7H,13H2,1H3. The lowest BCUT2D eigenvalue weighted by molar-refractivity contribution is -0.384. The molecule has 12 nitrogen and oxygen atoms in total. The van der Waals surface area contributed by atoms with E-state index in [4.69, 9.17) is 5.73 Å².